The number of amides is 2. The first-order valence-electron chi connectivity index (χ1n) is 7.83. The number of hydrogen-bond donors (Lipinski definition) is 2. The van der Waals surface area contributed by atoms with Crippen LogP contribution in [-0.4, -0.2) is 69.8 Å². The van der Waals surface area contributed by atoms with Crippen molar-refractivity contribution < 1.29 is 23.9 Å². The van der Waals surface area contributed by atoms with Gasteiger partial charge in [0.1, 0.15) is 6.04 Å². The smallest absolute Gasteiger partial charge is 0.325 e. The molecule has 0 bridgehead atoms. The van der Waals surface area contributed by atoms with E-state index in [1.165, 1.54) is 11.8 Å². The van der Waals surface area contributed by atoms with Crippen molar-refractivity contribution >= 4 is 20.3 Å². The van der Waals surface area contributed by atoms with E-state index in [-0.39, 0.29) is 5.04 Å². The molecule has 0 fully saturated rings. The third kappa shape index (κ3) is 7.80. The molecule has 23 heavy (non-hydrogen) atoms. The predicted molar refractivity (Wildman–Crippen MR) is 92.2 cm³/mol. The highest BCUT2D eigenvalue weighted by atomic mass is 28.4. The van der Waals surface area contributed by atoms with E-state index in [0.717, 1.165) is 0 Å². The van der Waals surface area contributed by atoms with Crippen LogP contribution in [0.25, 0.3) is 0 Å². The second-order valence-electron chi connectivity index (χ2n) is 7.10. The monoisotopic (exact) mass is 348 g/mol. The number of carbonyl (C=O) groups excluding carboxylic acids is 1. The SMILES string of the molecule is COCCN(CCO[Si](C)(C)C(C)(C)C)C(=O)N[C@@H](C)C(=O)O. The average molecular weight is 349 g/mol. The Bertz CT molecular complexity index is 396. The number of carbonyl (C=O) groups is 2. The molecule has 0 aliphatic heterocycles. The first-order chi connectivity index (χ1) is 10.4. The minimum Gasteiger partial charge on any atom is -0.480 e. The van der Waals surface area contributed by atoms with Crippen molar-refractivity contribution in [2.45, 2.75) is 51.9 Å². The lowest BCUT2D eigenvalue weighted by molar-refractivity contribution is -0.138. The van der Waals surface area contributed by atoms with E-state index in [1.54, 1.807) is 7.11 Å². The van der Waals surface area contributed by atoms with Crippen molar-refractivity contribution in [2.24, 2.45) is 0 Å². The van der Waals surface area contributed by atoms with Crippen LogP contribution in [0.1, 0.15) is 27.7 Å². The molecule has 0 aromatic carbocycles. The molecular weight excluding hydrogens is 316 g/mol. The fourth-order valence-corrected chi connectivity index (χ4v) is 2.52. The molecule has 2 amide bonds. The zero-order valence-electron chi connectivity index (χ0n) is 15.4. The molecule has 8 heteroatoms. The van der Waals surface area contributed by atoms with Crippen molar-refractivity contribution in [1.82, 2.24) is 10.2 Å². The summed E-state index contributed by atoms with van der Waals surface area (Å²) in [5.74, 6) is -1.07. The first kappa shape index (κ1) is 21.9. The number of urea groups is 1. The minimum absolute atomic E-state index is 0.102. The number of rotatable bonds is 9. The van der Waals surface area contributed by atoms with Gasteiger partial charge in [-0.3, -0.25) is 4.79 Å². The highest BCUT2D eigenvalue weighted by Crippen LogP contribution is 2.36. The average Bonchev–Trinajstić information content (AvgIpc) is 2.40. The number of ether oxygens (including phenoxy) is 1. The van der Waals surface area contributed by atoms with E-state index in [9.17, 15) is 9.59 Å². The summed E-state index contributed by atoms with van der Waals surface area (Å²) in [7, 11) is -0.314. The molecule has 0 unspecified atom stereocenters. The Kier molecular flexibility index (Phi) is 8.79. The molecule has 1 atom stereocenters. The third-order valence-corrected chi connectivity index (χ3v) is 8.73. The molecule has 0 radical (unpaired) electrons. The Labute approximate surface area is 140 Å². The first-order valence-corrected chi connectivity index (χ1v) is 10.7. The Balaban J connectivity index is 4.62. The number of nitrogens with zero attached hydrogens (tertiary/aromatic N) is 1. The van der Waals surface area contributed by atoms with Crippen molar-refractivity contribution in [3.63, 3.8) is 0 Å². The number of methoxy groups -OCH3 is 1. The topological polar surface area (TPSA) is 88.1 Å². The van der Waals surface area contributed by atoms with Gasteiger partial charge in [0.25, 0.3) is 0 Å². The van der Waals surface area contributed by atoms with Crippen molar-refractivity contribution in [3.8, 4) is 0 Å². The van der Waals surface area contributed by atoms with E-state index in [0.29, 0.717) is 26.3 Å². The standard InChI is InChI=1S/C15H32N2O5Si/c1-12(13(18)19)16-14(20)17(8-10-21-5)9-11-22-23(6,7)15(2,3)4/h12H,8-11H2,1-7H3,(H,16,20)(H,18,19)/t12-/m0/s1. The van der Waals surface area contributed by atoms with Crippen molar-refractivity contribution in [3.05, 3.63) is 0 Å². The second-order valence-corrected chi connectivity index (χ2v) is 11.9. The molecule has 0 heterocycles. The highest BCUT2D eigenvalue weighted by Gasteiger charge is 2.37. The molecular formula is C15H32N2O5Si. The van der Waals surface area contributed by atoms with E-state index in [4.69, 9.17) is 14.3 Å². The normalized spacial score (nSPS) is 13.5. The van der Waals surface area contributed by atoms with Crippen LogP contribution in [0.3, 0.4) is 0 Å². The summed E-state index contributed by atoms with van der Waals surface area (Å²) < 4.78 is 11.1. The number of carboxylic acids is 1. The molecule has 0 aliphatic carbocycles. The van der Waals surface area contributed by atoms with Gasteiger partial charge < -0.3 is 24.5 Å². The number of carboxylic acid groups (broad SMARTS) is 1. The molecule has 0 rings (SSSR count). The maximum Gasteiger partial charge on any atom is 0.325 e. The highest BCUT2D eigenvalue weighted by molar-refractivity contribution is 6.74. The zero-order valence-corrected chi connectivity index (χ0v) is 16.4. The quantitative estimate of drug-likeness (QED) is 0.623. The van der Waals surface area contributed by atoms with Gasteiger partial charge in [0, 0.05) is 20.2 Å². The van der Waals surface area contributed by atoms with Gasteiger partial charge in [0.05, 0.1) is 13.2 Å². The summed E-state index contributed by atoms with van der Waals surface area (Å²) in [6.07, 6.45) is 0. The summed E-state index contributed by atoms with van der Waals surface area (Å²) >= 11 is 0. The molecule has 0 saturated carbocycles. The second kappa shape index (κ2) is 9.24. The summed E-state index contributed by atoms with van der Waals surface area (Å²) in [6.45, 7) is 13.8. The van der Waals surface area contributed by atoms with Crippen LogP contribution in [0.5, 0.6) is 0 Å². The molecule has 136 valence electrons. The maximum atomic E-state index is 12.2. The Morgan fingerprint density at radius 3 is 2.17 bits per heavy atom. The Morgan fingerprint density at radius 2 is 1.74 bits per heavy atom. The molecule has 0 aromatic rings. The number of nitrogens with one attached hydrogen (secondary N) is 1. The largest absolute Gasteiger partial charge is 0.480 e. The molecule has 0 aromatic heterocycles. The Hall–Kier alpha value is -1.12. The fraction of sp³-hybridized carbons (Fsp3) is 0.867. The summed E-state index contributed by atoms with van der Waals surface area (Å²) in [5.41, 5.74) is 0. The summed E-state index contributed by atoms with van der Waals surface area (Å²) in [4.78, 5) is 24.5. The van der Waals surface area contributed by atoms with Gasteiger partial charge in [0.2, 0.25) is 0 Å². The minimum atomic E-state index is -1.87. The van der Waals surface area contributed by atoms with Gasteiger partial charge >= 0.3 is 12.0 Å². The molecule has 2 N–H and O–H groups in total. The Morgan fingerprint density at radius 1 is 1.22 bits per heavy atom. The van der Waals surface area contributed by atoms with Crippen LogP contribution in [0.2, 0.25) is 18.1 Å². The maximum absolute atomic E-state index is 12.2. The van der Waals surface area contributed by atoms with E-state index in [2.05, 4.69) is 39.2 Å². The van der Waals surface area contributed by atoms with Gasteiger partial charge in [-0.1, -0.05) is 20.8 Å². The van der Waals surface area contributed by atoms with Crippen LogP contribution in [0.15, 0.2) is 0 Å². The predicted octanol–water partition coefficient (Wildman–Crippen LogP) is 2.14. The molecule has 0 aliphatic rings. The summed E-state index contributed by atoms with van der Waals surface area (Å²) in [6, 6.07) is -1.36. The van der Waals surface area contributed by atoms with Gasteiger partial charge in [-0.2, -0.15) is 0 Å². The van der Waals surface area contributed by atoms with Crippen LogP contribution >= 0.6 is 0 Å². The molecule has 0 spiro atoms. The lowest BCUT2D eigenvalue weighted by Gasteiger charge is -2.36. The van der Waals surface area contributed by atoms with E-state index >= 15 is 0 Å². The lowest BCUT2D eigenvalue weighted by atomic mass is 10.2. The molecule has 0 saturated heterocycles. The van der Waals surface area contributed by atoms with Crippen molar-refractivity contribution in [2.75, 3.05) is 33.4 Å². The molecule has 7 nitrogen and oxygen atoms in total. The van der Waals surface area contributed by atoms with Crippen molar-refractivity contribution in [1.29, 1.82) is 0 Å². The van der Waals surface area contributed by atoms with Crippen LogP contribution in [-0.2, 0) is 14.0 Å². The van der Waals surface area contributed by atoms with Crippen LogP contribution in [0.4, 0.5) is 4.79 Å². The number of hydrogen-bond acceptors (Lipinski definition) is 4. The third-order valence-electron chi connectivity index (χ3n) is 4.19. The zero-order chi connectivity index (χ0) is 18.3. The van der Waals surface area contributed by atoms with Gasteiger partial charge in [-0.15, -0.1) is 0 Å². The van der Waals surface area contributed by atoms with E-state index in [1.807, 2.05) is 0 Å². The van der Waals surface area contributed by atoms with Gasteiger partial charge in [-0.05, 0) is 25.1 Å². The van der Waals surface area contributed by atoms with Gasteiger partial charge in [-0.25, -0.2) is 4.79 Å². The van der Waals surface area contributed by atoms with Crippen LogP contribution < -0.4 is 5.32 Å². The number of aliphatic carboxylic acids is 1. The van der Waals surface area contributed by atoms with E-state index < -0.39 is 26.4 Å². The lowest BCUT2D eigenvalue weighted by Crippen LogP contribution is -2.49. The van der Waals surface area contributed by atoms with Crippen LogP contribution in [0, 0.1) is 0 Å². The summed E-state index contributed by atoms with van der Waals surface area (Å²) in [5, 5.41) is 11.4. The fourth-order valence-electron chi connectivity index (χ4n) is 1.48. The van der Waals surface area contributed by atoms with Gasteiger partial charge in [0.15, 0.2) is 8.32 Å².